The second-order valence-electron chi connectivity index (χ2n) is 7.78. The molecule has 3 amide bonds. The van der Waals surface area contributed by atoms with Crippen LogP contribution in [-0.2, 0) is 4.79 Å². The van der Waals surface area contributed by atoms with Gasteiger partial charge in [0.1, 0.15) is 0 Å². The Morgan fingerprint density at radius 1 is 0.867 bits per heavy atom. The second kappa shape index (κ2) is 9.13. The Labute approximate surface area is 177 Å². The van der Waals surface area contributed by atoms with Gasteiger partial charge in [-0.05, 0) is 30.8 Å². The van der Waals surface area contributed by atoms with Crippen molar-refractivity contribution >= 4 is 18.0 Å². The number of nitrogens with zero attached hydrogens (tertiary/aromatic N) is 6. The van der Waals surface area contributed by atoms with Crippen molar-refractivity contribution in [2.75, 3.05) is 59.4 Å². The summed E-state index contributed by atoms with van der Waals surface area (Å²) in [6, 6.07) is 8.05. The number of hydrogen-bond donors (Lipinski definition) is 0. The maximum atomic E-state index is 12.7. The highest BCUT2D eigenvalue weighted by atomic mass is 16.2. The number of rotatable bonds is 3. The molecule has 158 valence electrons. The first-order chi connectivity index (χ1) is 14.6. The van der Waals surface area contributed by atoms with Gasteiger partial charge in [-0.25, -0.2) is 9.78 Å². The van der Waals surface area contributed by atoms with Crippen molar-refractivity contribution in [3.63, 3.8) is 0 Å². The van der Waals surface area contributed by atoms with Crippen LogP contribution in [0.2, 0.25) is 0 Å². The topological polar surface area (TPSA) is 64.9 Å². The predicted molar refractivity (Wildman–Crippen MR) is 115 cm³/mol. The van der Waals surface area contributed by atoms with Crippen LogP contribution in [0.15, 0.2) is 49.1 Å². The quantitative estimate of drug-likeness (QED) is 0.720. The molecule has 30 heavy (non-hydrogen) atoms. The van der Waals surface area contributed by atoms with Crippen molar-refractivity contribution in [3.8, 4) is 5.69 Å². The number of amides is 3. The van der Waals surface area contributed by atoms with Crippen LogP contribution in [0, 0.1) is 0 Å². The molecule has 2 aliphatic heterocycles. The van der Waals surface area contributed by atoms with Gasteiger partial charge in [-0.1, -0.05) is 12.1 Å². The van der Waals surface area contributed by atoms with E-state index >= 15 is 0 Å². The molecule has 0 spiro atoms. The molecule has 0 saturated carbocycles. The highest BCUT2D eigenvalue weighted by Gasteiger charge is 2.28. The van der Waals surface area contributed by atoms with Crippen LogP contribution in [0.5, 0.6) is 0 Å². The fourth-order valence-corrected chi connectivity index (χ4v) is 3.76. The smallest absolute Gasteiger partial charge is 0.320 e. The fourth-order valence-electron chi connectivity index (χ4n) is 3.76. The van der Waals surface area contributed by atoms with Crippen LogP contribution in [0.4, 0.5) is 4.79 Å². The Kier molecular flexibility index (Phi) is 6.13. The van der Waals surface area contributed by atoms with E-state index in [-0.39, 0.29) is 11.9 Å². The Hall–Kier alpha value is -3.13. The molecule has 1 aromatic heterocycles. The van der Waals surface area contributed by atoms with Crippen LogP contribution in [0.1, 0.15) is 5.56 Å². The largest absolute Gasteiger partial charge is 0.336 e. The Morgan fingerprint density at radius 3 is 2.07 bits per heavy atom. The number of carbonyl (C=O) groups excluding carboxylic acids is 2. The zero-order valence-electron chi connectivity index (χ0n) is 17.4. The number of piperazine rings is 2. The highest BCUT2D eigenvalue weighted by Crippen LogP contribution is 2.12. The summed E-state index contributed by atoms with van der Waals surface area (Å²) < 4.78 is 1.93. The molecule has 4 rings (SSSR count). The molecule has 0 radical (unpaired) electrons. The van der Waals surface area contributed by atoms with Crippen LogP contribution in [0.25, 0.3) is 11.8 Å². The Balaban J connectivity index is 1.26. The van der Waals surface area contributed by atoms with Crippen molar-refractivity contribution in [2.24, 2.45) is 0 Å². The first-order valence-corrected chi connectivity index (χ1v) is 10.4. The summed E-state index contributed by atoms with van der Waals surface area (Å²) in [5.41, 5.74) is 1.99. The molecule has 1 aromatic carbocycles. The lowest BCUT2D eigenvalue weighted by Gasteiger charge is -2.39. The third-order valence-electron chi connectivity index (χ3n) is 5.75. The molecule has 2 saturated heterocycles. The molecular weight excluding hydrogens is 380 g/mol. The Morgan fingerprint density at radius 2 is 1.47 bits per heavy atom. The maximum Gasteiger partial charge on any atom is 0.320 e. The van der Waals surface area contributed by atoms with Gasteiger partial charge >= 0.3 is 6.03 Å². The average Bonchev–Trinajstić information content (AvgIpc) is 3.33. The van der Waals surface area contributed by atoms with Gasteiger partial charge in [-0.15, -0.1) is 0 Å². The molecule has 2 aromatic rings. The second-order valence-corrected chi connectivity index (χ2v) is 7.78. The summed E-state index contributed by atoms with van der Waals surface area (Å²) >= 11 is 0. The van der Waals surface area contributed by atoms with E-state index in [0.717, 1.165) is 37.4 Å². The number of likely N-dealkylation sites (N-methyl/N-ethyl adjacent to an activating group) is 1. The minimum absolute atomic E-state index is 0.0135. The summed E-state index contributed by atoms with van der Waals surface area (Å²) in [6.07, 6.45) is 8.84. The van der Waals surface area contributed by atoms with Gasteiger partial charge in [-0.3, -0.25) is 4.79 Å². The first-order valence-electron chi connectivity index (χ1n) is 10.4. The molecule has 0 bridgehead atoms. The SMILES string of the molecule is CN1CCN(C(=O)N2CCN(C(=O)/C=C/c3ccc(-n4ccnc4)cc3)CC2)CC1. The van der Waals surface area contributed by atoms with E-state index in [1.165, 1.54) is 0 Å². The van der Waals surface area contributed by atoms with Crippen LogP contribution < -0.4 is 0 Å². The van der Waals surface area contributed by atoms with E-state index in [9.17, 15) is 9.59 Å². The maximum absolute atomic E-state index is 12.7. The average molecular weight is 409 g/mol. The molecule has 0 N–H and O–H groups in total. The number of urea groups is 1. The third kappa shape index (κ3) is 4.71. The molecule has 2 aliphatic rings. The van der Waals surface area contributed by atoms with Crippen LogP contribution in [0.3, 0.4) is 0 Å². The monoisotopic (exact) mass is 408 g/mol. The molecule has 8 nitrogen and oxygen atoms in total. The molecular formula is C22H28N6O2. The fraction of sp³-hybridized carbons (Fsp3) is 0.409. The van der Waals surface area contributed by atoms with Gasteiger partial charge in [0.25, 0.3) is 0 Å². The van der Waals surface area contributed by atoms with Crippen LogP contribution >= 0.6 is 0 Å². The summed E-state index contributed by atoms with van der Waals surface area (Å²) in [4.78, 5) is 37.1. The molecule has 0 unspecified atom stereocenters. The lowest BCUT2D eigenvalue weighted by atomic mass is 10.2. The van der Waals surface area contributed by atoms with Gasteiger partial charge in [0, 0.05) is 76.5 Å². The Bertz CT molecular complexity index is 877. The minimum Gasteiger partial charge on any atom is -0.336 e. The molecule has 8 heteroatoms. The van der Waals surface area contributed by atoms with Gasteiger partial charge in [0.15, 0.2) is 0 Å². The van der Waals surface area contributed by atoms with E-state index in [0.29, 0.717) is 26.2 Å². The number of imidazole rings is 1. The first kappa shape index (κ1) is 20.2. The molecule has 3 heterocycles. The minimum atomic E-state index is -0.0135. The van der Waals surface area contributed by atoms with E-state index in [2.05, 4.69) is 16.9 Å². The lowest BCUT2D eigenvalue weighted by Crippen LogP contribution is -2.56. The zero-order chi connectivity index (χ0) is 20.9. The van der Waals surface area contributed by atoms with E-state index in [1.807, 2.05) is 55.8 Å². The van der Waals surface area contributed by atoms with Gasteiger partial charge < -0.3 is 24.2 Å². The van der Waals surface area contributed by atoms with Crippen molar-refractivity contribution < 1.29 is 9.59 Å². The van der Waals surface area contributed by atoms with Gasteiger partial charge in [0.2, 0.25) is 5.91 Å². The lowest BCUT2D eigenvalue weighted by molar-refractivity contribution is -0.127. The number of benzene rings is 1. The summed E-state index contributed by atoms with van der Waals surface area (Å²) in [7, 11) is 2.08. The zero-order valence-corrected chi connectivity index (χ0v) is 17.4. The molecule has 2 fully saturated rings. The van der Waals surface area contributed by atoms with E-state index in [1.54, 1.807) is 18.6 Å². The number of aromatic nitrogens is 2. The normalized spacial score (nSPS) is 18.2. The molecule has 0 aliphatic carbocycles. The third-order valence-corrected chi connectivity index (χ3v) is 5.75. The standard InChI is InChI=1S/C22H28N6O2/c1-24-10-12-26(13-11-24)22(30)27-16-14-25(15-17-27)21(29)7-4-19-2-5-20(6-3-19)28-9-8-23-18-28/h2-9,18H,10-17H2,1H3/b7-4+. The van der Waals surface area contributed by atoms with Gasteiger partial charge in [-0.2, -0.15) is 0 Å². The van der Waals surface area contributed by atoms with Crippen LogP contribution in [-0.4, -0.2) is 100 Å². The van der Waals surface area contributed by atoms with Crippen molar-refractivity contribution in [2.45, 2.75) is 0 Å². The summed E-state index contributed by atoms with van der Waals surface area (Å²) in [5.74, 6) is -0.0135. The highest BCUT2D eigenvalue weighted by molar-refractivity contribution is 5.92. The number of carbonyl (C=O) groups is 2. The molecule has 0 atom stereocenters. The van der Waals surface area contributed by atoms with Crippen molar-refractivity contribution in [3.05, 3.63) is 54.6 Å². The van der Waals surface area contributed by atoms with E-state index < -0.39 is 0 Å². The van der Waals surface area contributed by atoms with Crippen molar-refractivity contribution in [1.29, 1.82) is 0 Å². The summed E-state index contributed by atoms with van der Waals surface area (Å²) in [6.45, 7) is 5.70. The van der Waals surface area contributed by atoms with Gasteiger partial charge in [0.05, 0.1) is 6.33 Å². The predicted octanol–water partition coefficient (Wildman–Crippen LogP) is 1.40. The van der Waals surface area contributed by atoms with E-state index in [4.69, 9.17) is 0 Å². The summed E-state index contributed by atoms with van der Waals surface area (Å²) in [5, 5.41) is 0. The van der Waals surface area contributed by atoms with Crippen molar-refractivity contribution in [1.82, 2.24) is 29.2 Å². The number of hydrogen-bond acceptors (Lipinski definition) is 4.